The summed E-state index contributed by atoms with van der Waals surface area (Å²) in [5.41, 5.74) is 5.94. The molecule has 0 fully saturated rings. The number of benzene rings is 2. The Labute approximate surface area is 202 Å². The Morgan fingerprint density at radius 3 is 1.11 bits per heavy atom. The van der Waals surface area contributed by atoms with E-state index >= 15 is 0 Å². The van der Waals surface area contributed by atoms with Gasteiger partial charge >= 0.3 is 41.9 Å². The summed E-state index contributed by atoms with van der Waals surface area (Å²) in [6.45, 7) is 22.1. The fourth-order valence-corrected chi connectivity index (χ4v) is 2.10. The molecule has 0 atom stereocenters. The molecule has 0 heterocycles. The van der Waals surface area contributed by atoms with Crippen molar-refractivity contribution in [1.29, 1.82) is 0 Å². The molecule has 0 bridgehead atoms. The summed E-state index contributed by atoms with van der Waals surface area (Å²) in [5, 5.41) is 0. The number of hydrogen-bond donors (Lipinski definition) is 0. The molecule has 2 aromatic carbocycles. The predicted octanol–water partition coefficient (Wildman–Crippen LogP) is 0.978. The van der Waals surface area contributed by atoms with Crippen molar-refractivity contribution in [3.05, 3.63) is 70.8 Å². The van der Waals surface area contributed by atoms with Crippen molar-refractivity contribution in [2.24, 2.45) is 0 Å². The Morgan fingerprint density at radius 1 is 0.714 bits per heavy atom. The maximum absolute atomic E-state index is 3.14. The van der Waals surface area contributed by atoms with Crippen LogP contribution >= 0.6 is 0 Å². The van der Waals surface area contributed by atoms with Gasteiger partial charge in [-0.05, 0) is 10.8 Å². The second-order valence-corrected chi connectivity index (χ2v) is 18.4. The Bertz CT molecular complexity index is 639. The van der Waals surface area contributed by atoms with Crippen LogP contribution in [0.3, 0.4) is 0 Å². The van der Waals surface area contributed by atoms with Gasteiger partial charge in [-0.1, -0.05) is 55.4 Å². The molecule has 2 aromatic rings. The Morgan fingerprint density at radius 2 is 0.964 bits per heavy atom. The van der Waals surface area contributed by atoms with Crippen LogP contribution in [0.15, 0.2) is 36.4 Å². The van der Waals surface area contributed by atoms with E-state index in [1.165, 1.54) is 22.3 Å². The van der Waals surface area contributed by atoms with Crippen molar-refractivity contribution < 1.29 is 48.1 Å². The van der Waals surface area contributed by atoms with Gasteiger partial charge in [0.15, 0.2) is 0 Å². The van der Waals surface area contributed by atoms with Crippen molar-refractivity contribution >= 4 is 5.43 Å². The van der Waals surface area contributed by atoms with E-state index in [-0.39, 0.29) is 41.1 Å². The molecule has 0 spiro atoms. The van der Waals surface area contributed by atoms with Crippen LogP contribution in [0.5, 0.6) is 0 Å². The zero-order valence-electron chi connectivity index (χ0n) is 19.2. The maximum Gasteiger partial charge on any atom is -0.0355 e. The van der Waals surface area contributed by atoms with Crippen molar-refractivity contribution in [2.45, 2.75) is 79.3 Å². The first-order valence-electron chi connectivity index (χ1n) is 9.23. The van der Waals surface area contributed by atoms with Crippen LogP contribution in [0.25, 0.3) is 0 Å². The van der Waals surface area contributed by atoms with E-state index in [9.17, 15) is 0 Å². The van der Waals surface area contributed by atoms with Gasteiger partial charge in [-0.3, -0.25) is 0 Å². The van der Waals surface area contributed by atoms with Gasteiger partial charge in [0.2, 0.25) is 0 Å². The minimum atomic E-state index is 0. The molecule has 156 valence electrons. The molecule has 0 saturated heterocycles. The van der Waals surface area contributed by atoms with Gasteiger partial charge < -0.3 is 24.8 Å². The molecule has 0 nitrogen and oxygen atoms in total. The number of hydrogen-bond acceptors (Lipinski definition) is 0. The molecule has 0 aliphatic rings. The molecule has 0 N–H and O–H groups in total. The third-order valence-electron chi connectivity index (χ3n) is 3.62. The van der Waals surface area contributed by atoms with E-state index in [2.05, 4.69) is 105 Å². The molecule has 28 heavy (non-hydrogen) atoms. The smallest absolute Gasteiger partial charge is 0.0355 e. The summed E-state index contributed by atoms with van der Waals surface area (Å²) in [6, 6.07) is 18.9. The summed E-state index contributed by atoms with van der Waals surface area (Å²) in [4.78, 5) is 0. The zero-order valence-corrected chi connectivity index (χ0v) is 24.2. The minimum absolute atomic E-state index is 0. The second-order valence-electron chi connectivity index (χ2n) is 9.02. The van der Waals surface area contributed by atoms with Crippen molar-refractivity contribution in [1.82, 2.24) is 0 Å². The zero-order chi connectivity index (χ0) is 20.5. The van der Waals surface area contributed by atoms with Gasteiger partial charge in [-0.2, -0.15) is 70.8 Å². The van der Waals surface area contributed by atoms with Crippen molar-refractivity contribution in [3.63, 3.8) is 0 Å². The van der Waals surface area contributed by atoms with Gasteiger partial charge in [0, 0.05) is 0 Å². The molecular weight excluding hydrogens is 478 g/mol. The predicted molar refractivity (Wildman–Crippen MR) is 115 cm³/mol. The average molecular weight is 515 g/mol. The summed E-state index contributed by atoms with van der Waals surface area (Å²) in [5.74, 6) is 0. The third kappa shape index (κ3) is 16.0. The van der Waals surface area contributed by atoms with E-state index in [1.807, 2.05) is 12.1 Å². The molecular formula is C24H36Cl2SiZr-2. The minimum Gasteiger partial charge on any atom is -1.00 e. The summed E-state index contributed by atoms with van der Waals surface area (Å²) in [7, 11) is 0. The first kappa shape index (κ1) is 32.8. The molecule has 0 aromatic heterocycles. The third-order valence-corrected chi connectivity index (χ3v) is 3.62. The Balaban J connectivity index is -0.000000355. The van der Waals surface area contributed by atoms with Gasteiger partial charge in [0.1, 0.15) is 0 Å². The van der Waals surface area contributed by atoms with Crippen LogP contribution < -0.4 is 24.8 Å². The molecule has 0 aliphatic carbocycles. The largest absolute Gasteiger partial charge is 1.00 e. The number of halogens is 2. The van der Waals surface area contributed by atoms with E-state index in [0.29, 0.717) is 0 Å². The first-order valence-corrected chi connectivity index (χ1v) is 15.4. The molecule has 2 rings (SSSR count). The molecule has 0 aliphatic heterocycles. The van der Waals surface area contributed by atoms with E-state index in [0.717, 1.165) is 0 Å². The molecule has 0 saturated carbocycles. The molecule has 0 unspecified atom stereocenters. The summed E-state index contributed by atoms with van der Waals surface area (Å²) >= 11 is 1.74. The van der Waals surface area contributed by atoms with Crippen LogP contribution in [0, 0.1) is 26.0 Å². The second kappa shape index (κ2) is 15.0. The molecule has 0 amide bonds. The van der Waals surface area contributed by atoms with Crippen LogP contribution in [0.4, 0.5) is 0 Å². The summed E-state index contributed by atoms with van der Waals surface area (Å²) < 4.78 is 0. The fourth-order valence-electron chi connectivity index (χ4n) is 2.10. The Hall–Kier alpha value is 0.120. The van der Waals surface area contributed by atoms with Crippen molar-refractivity contribution in [2.75, 3.05) is 0 Å². The van der Waals surface area contributed by atoms with E-state index in [1.54, 1.807) is 23.3 Å². The topological polar surface area (TPSA) is 0 Å². The van der Waals surface area contributed by atoms with Crippen LogP contribution in [0.2, 0.25) is 13.1 Å². The van der Waals surface area contributed by atoms with Crippen LogP contribution in [0.1, 0.15) is 63.8 Å². The van der Waals surface area contributed by atoms with Gasteiger partial charge in [0.25, 0.3) is 0 Å². The maximum atomic E-state index is 3.14. The molecule has 0 radical (unpaired) electrons. The Kier molecular flexibility index (Phi) is 17.6. The normalized spacial score (nSPS) is 10.1. The molecule has 4 heteroatoms. The number of rotatable bonds is 0. The number of aryl methyl sites for hydroxylation is 2. The van der Waals surface area contributed by atoms with Crippen LogP contribution in [-0.2, 0) is 34.2 Å². The monoisotopic (exact) mass is 512 g/mol. The quantitative estimate of drug-likeness (QED) is 0.363. The van der Waals surface area contributed by atoms with Crippen molar-refractivity contribution in [3.8, 4) is 0 Å². The van der Waals surface area contributed by atoms with Gasteiger partial charge in [0.05, 0.1) is 0 Å². The van der Waals surface area contributed by atoms with Crippen LogP contribution in [-0.4, -0.2) is 5.43 Å². The first-order chi connectivity index (χ1) is 11.7. The SMILES string of the molecule is C[Si](C)=[Zr+2].Cc1[c-]ccc(C(C)(C)C)c1.Cc1[c-]ccc(C(C)(C)C)c1.[Cl-].[Cl-]. The van der Waals surface area contributed by atoms with Gasteiger partial charge in [-0.15, -0.1) is 0 Å². The summed E-state index contributed by atoms with van der Waals surface area (Å²) in [6.07, 6.45) is 0. The average Bonchev–Trinajstić information content (AvgIpc) is 2.45. The van der Waals surface area contributed by atoms with Gasteiger partial charge in [-0.25, -0.2) is 0 Å². The standard InChI is InChI=1S/2C11H15.C2H6Si.2ClH.Zr/c2*1-9-6-5-7-10(8-9)11(2,3)4;1-3-2;;;/h2*5,7-8H,1-4H3;1-2H3;2*1H;/q2*-1;;;;+2/p-2. The van der Waals surface area contributed by atoms with E-state index < -0.39 is 0 Å². The fraction of sp³-hybridized carbons (Fsp3) is 0.500. The van der Waals surface area contributed by atoms with E-state index in [4.69, 9.17) is 0 Å².